The van der Waals surface area contributed by atoms with Crippen LogP contribution in [0, 0.1) is 5.92 Å². The molecule has 0 saturated heterocycles. The van der Waals surface area contributed by atoms with Crippen LogP contribution < -0.4 is 5.32 Å². The summed E-state index contributed by atoms with van der Waals surface area (Å²) >= 11 is 0. The maximum absolute atomic E-state index is 10.6. The highest BCUT2D eigenvalue weighted by Gasteiger charge is 2.26. The average molecular weight is 222 g/mol. The van der Waals surface area contributed by atoms with Crippen LogP contribution in [0.5, 0.6) is 0 Å². The van der Waals surface area contributed by atoms with Crippen LogP contribution in [0.25, 0.3) is 0 Å². The van der Waals surface area contributed by atoms with E-state index in [-0.39, 0.29) is 11.7 Å². The Morgan fingerprint density at radius 1 is 1.50 bits per heavy atom. The summed E-state index contributed by atoms with van der Waals surface area (Å²) in [4.78, 5) is 14.6. The number of nitrogens with one attached hydrogen (secondary N) is 1. The van der Waals surface area contributed by atoms with Gasteiger partial charge in [-0.1, -0.05) is 0 Å². The van der Waals surface area contributed by atoms with Crippen LogP contribution in [-0.4, -0.2) is 33.8 Å². The Morgan fingerprint density at radius 3 is 2.75 bits per heavy atom. The van der Waals surface area contributed by atoms with E-state index in [0.717, 1.165) is 19.4 Å². The average Bonchev–Trinajstić information content (AvgIpc) is 2.23. The number of hydrogen-bond acceptors (Lipinski definition) is 4. The molecule has 1 fully saturated rings. The van der Waals surface area contributed by atoms with Crippen molar-refractivity contribution in [1.82, 2.24) is 4.98 Å². The Hall–Kier alpha value is -1.62. The molecule has 16 heavy (non-hydrogen) atoms. The van der Waals surface area contributed by atoms with E-state index in [1.54, 1.807) is 6.07 Å². The fraction of sp³-hybridized carbons (Fsp3) is 0.455. The van der Waals surface area contributed by atoms with Crippen LogP contribution in [0.2, 0.25) is 0 Å². The standard InChI is InChI=1S/C11H14N2O3/c14-9-3-7(4-9)5-12-10-2-1-8(6-13-10)11(15)16/h1-2,6-7,9,14H,3-5H2,(H,12,13)(H,15,16). The second-order valence-corrected chi connectivity index (χ2v) is 4.11. The van der Waals surface area contributed by atoms with Gasteiger partial charge in [0.2, 0.25) is 0 Å². The summed E-state index contributed by atoms with van der Waals surface area (Å²) < 4.78 is 0. The lowest BCUT2D eigenvalue weighted by Gasteiger charge is -2.31. The minimum absolute atomic E-state index is 0.144. The minimum atomic E-state index is -0.971. The molecule has 1 aliphatic carbocycles. The lowest BCUT2D eigenvalue weighted by molar-refractivity contribution is 0.0486. The van der Waals surface area contributed by atoms with Crippen LogP contribution >= 0.6 is 0 Å². The molecule has 0 spiro atoms. The van der Waals surface area contributed by atoms with Crippen LogP contribution in [0.1, 0.15) is 23.2 Å². The predicted molar refractivity (Wildman–Crippen MR) is 58.4 cm³/mol. The van der Waals surface area contributed by atoms with Gasteiger partial charge in [-0.3, -0.25) is 0 Å². The third-order valence-corrected chi connectivity index (χ3v) is 2.79. The number of aromatic nitrogens is 1. The molecule has 5 nitrogen and oxygen atoms in total. The van der Waals surface area contributed by atoms with Crippen LogP contribution in [-0.2, 0) is 0 Å². The van der Waals surface area contributed by atoms with E-state index in [4.69, 9.17) is 10.2 Å². The zero-order valence-electron chi connectivity index (χ0n) is 8.76. The van der Waals surface area contributed by atoms with Crippen molar-refractivity contribution in [2.24, 2.45) is 5.92 Å². The Bertz CT molecular complexity index is 371. The summed E-state index contributed by atoms with van der Waals surface area (Å²) in [5.41, 5.74) is 0.185. The molecule has 0 atom stereocenters. The van der Waals surface area contributed by atoms with Gasteiger partial charge in [-0.2, -0.15) is 0 Å². The molecule has 0 bridgehead atoms. The maximum Gasteiger partial charge on any atom is 0.337 e. The molecule has 0 aromatic carbocycles. The zero-order valence-corrected chi connectivity index (χ0v) is 8.76. The smallest absolute Gasteiger partial charge is 0.337 e. The van der Waals surface area contributed by atoms with Crippen molar-refractivity contribution in [1.29, 1.82) is 0 Å². The first-order valence-corrected chi connectivity index (χ1v) is 5.26. The quantitative estimate of drug-likeness (QED) is 0.707. The molecule has 1 aromatic heterocycles. The van der Waals surface area contributed by atoms with Gasteiger partial charge in [0.05, 0.1) is 11.7 Å². The minimum Gasteiger partial charge on any atom is -0.478 e. The van der Waals surface area contributed by atoms with Gasteiger partial charge in [-0.25, -0.2) is 9.78 Å². The lowest BCUT2D eigenvalue weighted by atomic mass is 9.82. The van der Waals surface area contributed by atoms with Gasteiger partial charge in [-0.15, -0.1) is 0 Å². The molecule has 1 aliphatic rings. The van der Waals surface area contributed by atoms with E-state index < -0.39 is 5.97 Å². The number of nitrogens with zero attached hydrogens (tertiary/aromatic N) is 1. The maximum atomic E-state index is 10.6. The molecule has 1 heterocycles. The fourth-order valence-corrected chi connectivity index (χ4v) is 1.74. The third kappa shape index (κ3) is 2.49. The number of hydrogen-bond donors (Lipinski definition) is 3. The van der Waals surface area contributed by atoms with E-state index in [9.17, 15) is 4.79 Å². The SMILES string of the molecule is O=C(O)c1ccc(NCC2CC(O)C2)nc1. The largest absolute Gasteiger partial charge is 0.478 e. The van der Waals surface area contributed by atoms with Gasteiger partial charge < -0.3 is 15.5 Å². The van der Waals surface area contributed by atoms with Gasteiger partial charge in [0.25, 0.3) is 0 Å². The number of carboxylic acids is 1. The van der Waals surface area contributed by atoms with Gasteiger partial charge in [0, 0.05) is 12.7 Å². The monoisotopic (exact) mass is 222 g/mol. The number of anilines is 1. The first-order valence-electron chi connectivity index (χ1n) is 5.26. The normalized spacial score (nSPS) is 23.6. The van der Waals surface area contributed by atoms with Crippen molar-refractivity contribution in [2.45, 2.75) is 18.9 Å². The number of aliphatic hydroxyl groups is 1. The molecule has 86 valence electrons. The molecule has 1 aromatic rings. The molecular formula is C11H14N2O3. The number of carbonyl (C=O) groups is 1. The topological polar surface area (TPSA) is 82.5 Å². The van der Waals surface area contributed by atoms with E-state index in [2.05, 4.69) is 10.3 Å². The molecular weight excluding hydrogens is 208 g/mol. The highest BCUT2D eigenvalue weighted by atomic mass is 16.4. The summed E-state index contributed by atoms with van der Waals surface area (Å²) in [6.07, 6.45) is 2.86. The Morgan fingerprint density at radius 2 is 2.25 bits per heavy atom. The number of aromatic carboxylic acids is 1. The van der Waals surface area contributed by atoms with Crippen LogP contribution in [0.3, 0.4) is 0 Å². The first kappa shape index (κ1) is 10.9. The fourth-order valence-electron chi connectivity index (χ4n) is 1.74. The molecule has 1 saturated carbocycles. The Labute approximate surface area is 93.1 Å². The number of pyridine rings is 1. The second-order valence-electron chi connectivity index (χ2n) is 4.11. The van der Waals surface area contributed by atoms with Crippen molar-refractivity contribution in [3.05, 3.63) is 23.9 Å². The van der Waals surface area contributed by atoms with Gasteiger partial charge in [-0.05, 0) is 30.9 Å². The molecule has 0 unspecified atom stereocenters. The van der Waals surface area contributed by atoms with E-state index in [0.29, 0.717) is 11.7 Å². The van der Waals surface area contributed by atoms with Crippen molar-refractivity contribution in [3.63, 3.8) is 0 Å². The van der Waals surface area contributed by atoms with E-state index in [1.165, 1.54) is 12.3 Å². The molecule has 0 radical (unpaired) electrons. The molecule has 5 heteroatoms. The summed E-state index contributed by atoms with van der Waals surface area (Å²) in [6, 6.07) is 3.17. The van der Waals surface area contributed by atoms with Gasteiger partial charge in [0.1, 0.15) is 5.82 Å². The molecule has 0 aliphatic heterocycles. The lowest BCUT2D eigenvalue weighted by Crippen LogP contribution is -2.33. The third-order valence-electron chi connectivity index (χ3n) is 2.79. The van der Waals surface area contributed by atoms with Crippen molar-refractivity contribution in [3.8, 4) is 0 Å². The number of aliphatic hydroxyl groups excluding tert-OH is 1. The Balaban J connectivity index is 1.83. The Kier molecular flexibility index (Phi) is 3.05. The summed E-state index contributed by atoms with van der Waals surface area (Å²) in [6.45, 7) is 0.774. The van der Waals surface area contributed by atoms with Crippen LogP contribution in [0.4, 0.5) is 5.82 Å². The highest BCUT2D eigenvalue weighted by Crippen LogP contribution is 2.26. The highest BCUT2D eigenvalue weighted by molar-refractivity contribution is 5.87. The number of carboxylic acid groups (broad SMARTS) is 1. The summed E-state index contributed by atoms with van der Waals surface area (Å²) in [5, 5.41) is 20.9. The molecule has 3 N–H and O–H groups in total. The van der Waals surface area contributed by atoms with E-state index >= 15 is 0 Å². The van der Waals surface area contributed by atoms with Crippen molar-refractivity contribution in [2.75, 3.05) is 11.9 Å². The number of rotatable bonds is 4. The van der Waals surface area contributed by atoms with Gasteiger partial charge in [0.15, 0.2) is 0 Å². The van der Waals surface area contributed by atoms with E-state index in [1.807, 2.05) is 0 Å². The molecule has 0 amide bonds. The first-order chi connectivity index (χ1) is 7.65. The van der Waals surface area contributed by atoms with Crippen molar-refractivity contribution >= 4 is 11.8 Å². The second kappa shape index (κ2) is 4.49. The predicted octanol–water partition coefficient (Wildman–Crippen LogP) is 0.963. The van der Waals surface area contributed by atoms with Gasteiger partial charge >= 0.3 is 5.97 Å². The summed E-state index contributed by atoms with van der Waals surface area (Å²) in [7, 11) is 0. The van der Waals surface area contributed by atoms with Crippen LogP contribution in [0.15, 0.2) is 18.3 Å². The summed E-state index contributed by atoms with van der Waals surface area (Å²) in [5.74, 6) is 0.198. The molecule has 2 rings (SSSR count). The van der Waals surface area contributed by atoms with Crippen molar-refractivity contribution < 1.29 is 15.0 Å². The zero-order chi connectivity index (χ0) is 11.5.